The summed E-state index contributed by atoms with van der Waals surface area (Å²) < 4.78 is 5.37. The minimum atomic E-state index is -0.624. The number of carbonyl (C=O) groups is 3. The molecule has 3 fully saturated rings. The molecule has 2 amide bonds. The molecule has 1 heterocycles. The van der Waals surface area contributed by atoms with E-state index in [1.54, 1.807) is 30.3 Å². The van der Waals surface area contributed by atoms with E-state index in [0.717, 1.165) is 6.42 Å². The van der Waals surface area contributed by atoms with Gasteiger partial charge < -0.3 is 4.74 Å². The number of carbonyl (C=O) groups excluding carboxylic acids is 3. The number of rotatable bonds is 3. The lowest BCUT2D eigenvalue weighted by Crippen LogP contribution is -2.37. The van der Waals surface area contributed by atoms with Crippen molar-refractivity contribution in [3.05, 3.63) is 58.1 Å². The van der Waals surface area contributed by atoms with Gasteiger partial charge in [-0.25, -0.2) is 4.79 Å². The molecular weight excluding hydrogens is 573 g/mol. The van der Waals surface area contributed by atoms with Crippen LogP contribution in [0.15, 0.2) is 42.5 Å². The number of benzene rings is 2. The van der Waals surface area contributed by atoms with Crippen LogP contribution in [0.4, 0.5) is 5.69 Å². The molecule has 31 heavy (non-hydrogen) atoms. The zero-order chi connectivity index (χ0) is 22.0. The molecule has 0 aromatic heterocycles. The Bertz CT molecular complexity index is 1080. The Morgan fingerprint density at radius 1 is 0.935 bits per heavy atom. The van der Waals surface area contributed by atoms with Gasteiger partial charge in [-0.1, -0.05) is 55.1 Å². The van der Waals surface area contributed by atoms with Crippen molar-refractivity contribution in [3.8, 4) is 5.75 Å². The van der Waals surface area contributed by atoms with Crippen LogP contribution in [0.5, 0.6) is 5.75 Å². The average Bonchev–Trinajstić information content (AvgIpc) is 3.33. The number of halogens is 4. The van der Waals surface area contributed by atoms with Gasteiger partial charge in [0, 0.05) is 14.7 Å². The van der Waals surface area contributed by atoms with E-state index in [-0.39, 0.29) is 61.5 Å². The summed E-state index contributed by atoms with van der Waals surface area (Å²) in [4.78, 5) is 40.3. The van der Waals surface area contributed by atoms with Crippen LogP contribution in [0.2, 0.25) is 10.0 Å². The van der Waals surface area contributed by atoms with Gasteiger partial charge in [0.05, 0.1) is 28.1 Å². The van der Waals surface area contributed by atoms with E-state index in [0.29, 0.717) is 10.7 Å². The molecule has 160 valence electrons. The van der Waals surface area contributed by atoms with Gasteiger partial charge in [-0.3, -0.25) is 14.5 Å². The van der Waals surface area contributed by atoms with Crippen LogP contribution in [-0.4, -0.2) is 27.4 Å². The molecule has 1 aliphatic heterocycles. The summed E-state index contributed by atoms with van der Waals surface area (Å²) in [5.74, 6) is -0.885. The Morgan fingerprint density at radius 2 is 1.52 bits per heavy atom. The maximum atomic E-state index is 13.1. The topological polar surface area (TPSA) is 63.7 Å². The van der Waals surface area contributed by atoms with Gasteiger partial charge in [0.2, 0.25) is 11.8 Å². The number of hydrogen-bond donors (Lipinski definition) is 0. The summed E-state index contributed by atoms with van der Waals surface area (Å²) in [6.45, 7) is 0. The molecule has 9 heteroatoms. The maximum Gasteiger partial charge on any atom is 0.345 e. The first-order valence-electron chi connectivity index (χ1n) is 9.71. The highest BCUT2D eigenvalue weighted by atomic mass is 79.9. The van der Waals surface area contributed by atoms with Gasteiger partial charge >= 0.3 is 5.97 Å². The molecule has 2 aromatic carbocycles. The van der Waals surface area contributed by atoms with Gasteiger partial charge in [0.25, 0.3) is 0 Å². The van der Waals surface area contributed by atoms with Crippen LogP contribution in [-0.2, 0) is 9.59 Å². The van der Waals surface area contributed by atoms with Gasteiger partial charge in [-0.2, -0.15) is 0 Å². The van der Waals surface area contributed by atoms with Crippen LogP contribution in [0.25, 0.3) is 0 Å². The number of esters is 1. The Kier molecular flexibility index (Phi) is 5.44. The smallest absolute Gasteiger partial charge is 0.345 e. The second-order valence-corrected chi connectivity index (χ2v) is 11.0. The maximum absolute atomic E-state index is 13.1. The highest BCUT2D eigenvalue weighted by molar-refractivity contribution is 9.12. The van der Waals surface area contributed by atoms with Crippen LogP contribution < -0.4 is 9.64 Å². The molecule has 1 saturated heterocycles. The van der Waals surface area contributed by atoms with Crippen molar-refractivity contribution >= 4 is 78.5 Å². The molecule has 0 spiro atoms. The Hall–Kier alpha value is -1.41. The predicted molar refractivity (Wildman–Crippen MR) is 124 cm³/mol. The second-order valence-electron chi connectivity index (χ2n) is 8.02. The number of nitrogens with zero attached hydrogens (tertiary/aromatic N) is 1. The van der Waals surface area contributed by atoms with E-state index < -0.39 is 5.97 Å². The van der Waals surface area contributed by atoms with Crippen molar-refractivity contribution < 1.29 is 19.1 Å². The molecule has 5 rings (SSSR count). The van der Waals surface area contributed by atoms with Gasteiger partial charge in [0.15, 0.2) is 0 Å². The Balaban J connectivity index is 1.34. The summed E-state index contributed by atoms with van der Waals surface area (Å²) in [5, 5.41) is 0.611. The van der Waals surface area contributed by atoms with Crippen molar-refractivity contribution in [1.29, 1.82) is 0 Å². The van der Waals surface area contributed by atoms with Gasteiger partial charge in [-0.15, -0.1) is 0 Å². The van der Waals surface area contributed by atoms with Crippen LogP contribution in [0.3, 0.4) is 0 Å². The first-order valence-corrected chi connectivity index (χ1v) is 12.3. The van der Waals surface area contributed by atoms with Gasteiger partial charge in [0.1, 0.15) is 5.75 Å². The Morgan fingerprint density at radius 3 is 2.06 bits per heavy atom. The minimum absolute atomic E-state index is 0.149. The fraction of sp³-hybridized carbons (Fsp3) is 0.318. The van der Waals surface area contributed by atoms with Crippen LogP contribution in [0, 0.1) is 23.7 Å². The van der Waals surface area contributed by atoms with E-state index in [1.165, 1.54) is 17.0 Å². The number of amides is 2. The molecule has 5 nitrogen and oxygen atoms in total. The number of fused-ring (bicyclic) bond motifs is 5. The van der Waals surface area contributed by atoms with E-state index in [2.05, 4.69) is 31.9 Å². The van der Waals surface area contributed by atoms with Crippen molar-refractivity contribution in [2.45, 2.75) is 16.1 Å². The summed E-state index contributed by atoms with van der Waals surface area (Å²) in [5.41, 5.74) is 0.669. The lowest BCUT2D eigenvalue weighted by molar-refractivity contribution is -0.123. The van der Waals surface area contributed by atoms with Gasteiger partial charge in [-0.05, 0) is 60.7 Å². The largest absolute Gasteiger partial charge is 0.423 e. The Labute approximate surface area is 205 Å². The van der Waals surface area contributed by atoms with Crippen molar-refractivity contribution in [2.24, 2.45) is 23.7 Å². The van der Waals surface area contributed by atoms with Crippen molar-refractivity contribution in [2.75, 3.05) is 4.90 Å². The second kappa shape index (κ2) is 7.87. The normalized spacial score (nSPS) is 31.3. The number of anilines is 1. The number of imide groups is 1. The molecule has 0 N–H and O–H groups in total. The van der Waals surface area contributed by atoms with E-state index in [1.807, 2.05) is 0 Å². The third kappa shape index (κ3) is 3.36. The average molecular weight is 588 g/mol. The molecule has 0 unspecified atom stereocenters. The fourth-order valence-corrected chi connectivity index (χ4v) is 7.44. The summed E-state index contributed by atoms with van der Waals surface area (Å²) in [6, 6.07) is 10.8. The summed E-state index contributed by atoms with van der Waals surface area (Å²) in [7, 11) is 0. The highest BCUT2D eigenvalue weighted by Crippen LogP contribution is 2.60. The molecule has 3 aliphatic rings. The third-order valence-electron chi connectivity index (χ3n) is 6.44. The molecular formula is C22H15Br2Cl2NO4. The number of ether oxygens (including phenoxy) is 1. The van der Waals surface area contributed by atoms with Crippen LogP contribution >= 0.6 is 55.1 Å². The van der Waals surface area contributed by atoms with E-state index in [9.17, 15) is 14.4 Å². The molecule has 2 aromatic rings. The molecule has 0 radical (unpaired) electrons. The quantitative estimate of drug-likeness (QED) is 0.206. The molecule has 2 saturated carbocycles. The molecule has 6 atom stereocenters. The zero-order valence-electron chi connectivity index (χ0n) is 15.8. The fourth-order valence-electron chi connectivity index (χ4n) is 5.08. The molecule has 2 aliphatic carbocycles. The zero-order valence-corrected chi connectivity index (χ0v) is 20.5. The predicted octanol–water partition coefficient (Wildman–Crippen LogP) is 5.49. The summed E-state index contributed by atoms with van der Waals surface area (Å²) >= 11 is 19.3. The third-order valence-corrected chi connectivity index (χ3v) is 10.2. The van der Waals surface area contributed by atoms with Crippen LogP contribution in [0.1, 0.15) is 16.8 Å². The number of hydrogen-bond acceptors (Lipinski definition) is 4. The first-order chi connectivity index (χ1) is 14.8. The summed E-state index contributed by atoms with van der Waals surface area (Å²) in [6.07, 6.45) is 0.884. The highest BCUT2D eigenvalue weighted by Gasteiger charge is 2.66. The number of alkyl halides is 2. The lowest BCUT2D eigenvalue weighted by atomic mass is 9.81. The minimum Gasteiger partial charge on any atom is -0.423 e. The van der Waals surface area contributed by atoms with E-state index in [4.69, 9.17) is 27.9 Å². The van der Waals surface area contributed by atoms with E-state index >= 15 is 0 Å². The van der Waals surface area contributed by atoms with Crippen molar-refractivity contribution in [3.63, 3.8) is 0 Å². The van der Waals surface area contributed by atoms with Crippen molar-refractivity contribution in [1.82, 2.24) is 0 Å². The lowest BCUT2D eigenvalue weighted by Gasteiger charge is -2.28. The monoisotopic (exact) mass is 585 g/mol. The first kappa shape index (κ1) is 21.4. The molecule has 2 bridgehead atoms. The SMILES string of the molecule is O=C(Oc1ccc(N2C(=O)[C@H]3[C@@H]4C[C@H]([C@@H](Br)[C@H]4Br)[C@@H]3C2=O)cc1)c1ccc(Cl)cc1Cl. The standard InChI is InChI=1S/C22H15Br2Cl2NO4/c23-18-13-8-14(19(18)24)17-16(13)20(28)27(21(17)29)10-2-4-11(5-3-10)31-22(30)12-6-1-9(25)7-15(12)26/h1-7,13-14,16-19H,8H2/t13-,14-,16-,17-,18-,19+/m0/s1.